The molecule has 36 heavy (non-hydrogen) atoms. The molecule has 1 fully saturated rings. The van der Waals surface area contributed by atoms with Crippen molar-refractivity contribution in [1.29, 1.82) is 5.41 Å². The van der Waals surface area contributed by atoms with Crippen molar-refractivity contribution >= 4 is 44.7 Å². The lowest BCUT2D eigenvalue weighted by Gasteiger charge is -2.33. The number of sulfonamides is 1. The van der Waals surface area contributed by atoms with Crippen molar-refractivity contribution in [3.8, 4) is 0 Å². The van der Waals surface area contributed by atoms with Gasteiger partial charge in [-0.2, -0.15) is 4.31 Å². The Morgan fingerprint density at radius 3 is 2.58 bits per heavy atom. The summed E-state index contributed by atoms with van der Waals surface area (Å²) in [6.07, 6.45) is 0.868. The van der Waals surface area contributed by atoms with Crippen LogP contribution in [0, 0.1) is 5.41 Å². The molecule has 2 amide bonds. The number of amides is 2. The second-order valence-corrected chi connectivity index (χ2v) is 11.1. The number of ketones is 1. The number of piperazine rings is 1. The highest BCUT2D eigenvalue weighted by Gasteiger charge is 2.34. The smallest absolute Gasteiger partial charge is 0.240 e. The number of thiazole rings is 1. The molecule has 14 heteroatoms. The number of hydrogen-bond acceptors (Lipinski definition) is 10. The van der Waals surface area contributed by atoms with Gasteiger partial charge in [-0.05, 0) is 12.6 Å². The van der Waals surface area contributed by atoms with E-state index in [1.165, 1.54) is 11.1 Å². The van der Waals surface area contributed by atoms with Gasteiger partial charge in [0.1, 0.15) is 6.04 Å². The van der Waals surface area contributed by atoms with Gasteiger partial charge in [-0.1, -0.05) is 30.3 Å². The topological polar surface area (TPSA) is 179 Å². The van der Waals surface area contributed by atoms with E-state index >= 15 is 0 Å². The van der Waals surface area contributed by atoms with Gasteiger partial charge in [0.2, 0.25) is 27.6 Å². The lowest BCUT2D eigenvalue weighted by Crippen LogP contribution is -2.56. The average molecular weight is 536 g/mol. The standard InChI is InChI=1S/C22H29N7O5S2/c1-25-17(24)11-16(23)20(21(32)22-26-7-10-35-22)27-18(30)12-28-8-9-29(13-19(28)31)36(33,34)14-15-5-3-2-4-6-15/h2-7,10,17,20,23,25H,8-9,11-14,24H2,1H3,(H,27,30)/t17?,20-/m0/s1. The normalized spacial score (nSPS) is 16.4. The summed E-state index contributed by atoms with van der Waals surface area (Å²) < 4.78 is 26.6. The molecule has 1 unspecified atom stereocenters. The molecule has 1 aromatic heterocycles. The highest BCUT2D eigenvalue weighted by atomic mass is 32.2. The number of rotatable bonds is 12. The average Bonchev–Trinajstić information content (AvgIpc) is 3.38. The van der Waals surface area contributed by atoms with Crippen molar-refractivity contribution in [2.24, 2.45) is 5.73 Å². The number of nitrogens with two attached hydrogens (primary N) is 1. The molecule has 5 N–H and O–H groups in total. The van der Waals surface area contributed by atoms with Crippen molar-refractivity contribution in [1.82, 2.24) is 24.8 Å². The maximum absolute atomic E-state index is 12.9. The van der Waals surface area contributed by atoms with E-state index in [9.17, 15) is 22.8 Å². The second kappa shape index (κ2) is 12.3. The van der Waals surface area contributed by atoms with Crippen molar-refractivity contribution in [2.45, 2.75) is 24.4 Å². The molecule has 2 aromatic rings. The van der Waals surface area contributed by atoms with Gasteiger partial charge in [0.15, 0.2) is 5.01 Å². The van der Waals surface area contributed by atoms with Crippen LogP contribution in [0.3, 0.4) is 0 Å². The molecule has 1 aromatic carbocycles. The van der Waals surface area contributed by atoms with E-state index in [0.29, 0.717) is 5.56 Å². The van der Waals surface area contributed by atoms with Gasteiger partial charge >= 0.3 is 0 Å². The van der Waals surface area contributed by atoms with E-state index in [1.807, 2.05) is 0 Å². The lowest BCUT2D eigenvalue weighted by molar-refractivity contribution is -0.138. The number of nitrogens with one attached hydrogen (secondary N) is 3. The maximum Gasteiger partial charge on any atom is 0.240 e. The third kappa shape index (κ3) is 7.24. The molecular weight excluding hydrogens is 506 g/mol. The van der Waals surface area contributed by atoms with E-state index in [4.69, 9.17) is 11.1 Å². The fourth-order valence-electron chi connectivity index (χ4n) is 3.58. The monoisotopic (exact) mass is 535 g/mol. The molecule has 0 aliphatic carbocycles. The Morgan fingerprint density at radius 1 is 1.25 bits per heavy atom. The maximum atomic E-state index is 12.9. The van der Waals surface area contributed by atoms with Crippen molar-refractivity contribution < 1.29 is 22.8 Å². The Balaban J connectivity index is 1.61. The van der Waals surface area contributed by atoms with Crippen molar-refractivity contribution in [2.75, 3.05) is 33.2 Å². The van der Waals surface area contributed by atoms with Crippen LogP contribution in [0.15, 0.2) is 41.9 Å². The summed E-state index contributed by atoms with van der Waals surface area (Å²) in [5, 5.41) is 15.4. The van der Waals surface area contributed by atoms with E-state index < -0.39 is 39.8 Å². The van der Waals surface area contributed by atoms with Gasteiger partial charge in [0.25, 0.3) is 0 Å². The predicted octanol–water partition coefficient (Wildman–Crippen LogP) is -0.601. The van der Waals surface area contributed by atoms with Crippen molar-refractivity contribution in [3.05, 3.63) is 52.5 Å². The first kappa shape index (κ1) is 27.5. The minimum atomic E-state index is -3.71. The molecule has 0 spiro atoms. The van der Waals surface area contributed by atoms with Crippen LogP contribution in [-0.2, 0) is 25.4 Å². The van der Waals surface area contributed by atoms with Crippen LogP contribution in [0.4, 0.5) is 0 Å². The Labute approximate surface area is 213 Å². The minimum absolute atomic E-state index is 0.00937. The number of aromatic nitrogens is 1. The highest BCUT2D eigenvalue weighted by molar-refractivity contribution is 7.88. The number of nitrogens with zero attached hydrogens (tertiary/aromatic N) is 3. The van der Waals surface area contributed by atoms with Gasteiger partial charge in [0, 0.05) is 36.8 Å². The van der Waals surface area contributed by atoms with Crippen LogP contribution in [0.2, 0.25) is 0 Å². The molecule has 1 saturated heterocycles. The number of Topliss-reactive ketones (excluding diaryl/α,β-unsaturated/α-hetero) is 1. The van der Waals surface area contributed by atoms with Crippen LogP contribution in [0.5, 0.6) is 0 Å². The number of carbonyl (C=O) groups is 3. The van der Waals surface area contributed by atoms with Crippen LogP contribution in [0.25, 0.3) is 0 Å². The zero-order valence-electron chi connectivity index (χ0n) is 19.7. The SMILES string of the molecule is CNC(N)CC(=N)[C@H](NC(=O)CN1CCN(S(=O)(=O)Cc2ccccc2)CC1=O)C(=O)c1nccs1. The van der Waals surface area contributed by atoms with Gasteiger partial charge in [0.05, 0.1) is 25.0 Å². The Kier molecular flexibility index (Phi) is 9.39. The summed E-state index contributed by atoms with van der Waals surface area (Å²) in [7, 11) is -2.10. The van der Waals surface area contributed by atoms with Gasteiger partial charge in [-0.15, -0.1) is 11.3 Å². The lowest BCUT2D eigenvalue weighted by atomic mass is 10.0. The number of carbonyl (C=O) groups excluding carboxylic acids is 3. The molecule has 12 nitrogen and oxygen atoms in total. The molecule has 0 saturated carbocycles. The zero-order chi connectivity index (χ0) is 26.3. The molecule has 1 aliphatic heterocycles. The quantitative estimate of drug-likeness (QED) is 0.158. The van der Waals surface area contributed by atoms with Crippen LogP contribution in [0.1, 0.15) is 21.8 Å². The molecule has 2 heterocycles. The Bertz CT molecular complexity index is 1190. The molecule has 3 rings (SSSR count). The first-order valence-corrected chi connectivity index (χ1v) is 13.6. The van der Waals surface area contributed by atoms with Crippen LogP contribution in [-0.4, -0.2) is 91.4 Å². The third-order valence-electron chi connectivity index (χ3n) is 5.57. The molecular formula is C22H29N7O5S2. The Morgan fingerprint density at radius 2 is 1.97 bits per heavy atom. The van der Waals surface area contributed by atoms with E-state index in [-0.39, 0.29) is 49.1 Å². The highest BCUT2D eigenvalue weighted by Crippen LogP contribution is 2.15. The summed E-state index contributed by atoms with van der Waals surface area (Å²) >= 11 is 1.09. The second-order valence-electron chi connectivity index (χ2n) is 8.22. The third-order valence-corrected chi connectivity index (χ3v) is 8.16. The summed E-state index contributed by atoms with van der Waals surface area (Å²) in [5.41, 5.74) is 6.34. The molecule has 0 bridgehead atoms. The molecule has 0 radical (unpaired) electrons. The fourth-order valence-corrected chi connectivity index (χ4v) is 5.65. The first-order valence-electron chi connectivity index (χ1n) is 11.1. The van der Waals surface area contributed by atoms with Gasteiger partial charge in [-0.3, -0.25) is 14.4 Å². The molecule has 1 aliphatic rings. The predicted molar refractivity (Wildman–Crippen MR) is 135 cm³/mol. The number of hydrogen-bond donors (Lipinski definition) is 4. The largest absolute Gasteiger partial charge is 0.339 e. The van der Waals surface area contributed by atoms with Crippen LogP contribution >= 0.6 is 11.3 Å². The van der Waals surface area contributed by atoms with E-state index in [0.717, 1.165) is 15.6 Å². The van der Waals surface area contributed by atoms with E-state index in [2.05, 4.69) is 15.6 Å². The van der Waals surface area contributed by atoms with Crippen molar-refractivity contribution in [3.63, 3.8) is 0 Å². The minimum Gasteiger partial charge on any atom is -0.339 e. The fraction of sp³-hybridized carbons (Fsp3) is 0.409. The van der Waals surface area contributed by atoms with Gasteiger partial charge in [-0.25, -0.2) is 13.4 Å². The first-order chi connectivity index (χ1) is 17.1. The van der Waals surface area contributed by atoms with Crippen LogP contribution < -0.4 is 16.4 Å². The molecule has 2 atom stereocenters. The number of benzene rings is 1. The summed E-state index contributed by atoms with van der Waals surface area (Å²) in [5.74, 6) is -1.95. The Hall–Kier alpha value is -3.04. The summed E-state index contributed by atoms with van der Waals surface area (Å²) in [6.45, 7) is -0.689. The summed E-state index contributed by atoms with van der Waals surface area (Å²) in [6, 6.07) is 7.38. The molecule has 194 valence electrons. The summed E-state index contributed by atoms with van der Waals surface area (Å²) in [4.78, 5) is 43.5. The zero-order valence-corrected chi connectivity index (χ0v) is 21.3. The van der Waals surface area contributed by atoms with Gasteiger partial charge < -0.3 is 26.7 Å². The van der Waals surface area contributed by atoms with E-state index in [1.54, 1.807) is 42.8 Å².